The van der Waals surface area contributed by atoms with E-state index in [2.05, 4.69) is 4.72 Å². The van der Waals surface area contributed by atoms with Crippen molar-refractivity contribution in [1.29, 1.82) is 0 Å². The second-order valence-electron chi connectivity index (χ2n) is 4.72. The third-order valence-corrected chi connectivity index (χ3v) is 4.42. The lowest BCUT2D eigenvalue weighted by Gasteiger charge is -2.12. The Morgan fingerprint density at radius 1 is 1.10 bits per heavy atom. The molecule has 0 spiro atoms. The molecule has 0 radical (unpaired) electrons. The molecule has 0 aliphatic rings. The highest BCUT2D eigenvalue weighted by molar-refractivity contribution is 7.92. The first kappa shape index (κ1) is 15.3. The molecule has 0 aliphatic heterocycles. The van der Waals surface area contributed by atoms with Crippen LogP contribution in [-0.4, -0.2) is 15.5 Å². The van der Waals surface area contributed by atoms with Gasteiger partial charge < -0.3 is 4.74 Å². The lowest BCUT2D eigenvalue weighted by Crippen LogP contribution is -2.14. The van der Waals surface area contributed by atoms with Crippen LogP contribution in [0, 0.1) is 19.7 Å². The fourth-order valence-electron chi connectivity index (χ4n) is 1.95. The molecule has 2 rings (SSSR count). The van der Waals surface area contributed by atoms with Crippen molar-refractivity contribution in [2.75, 3.05) is 11.8 Å². The smallest absolute Gasteiger partial charge is 0.262 e. The van der Waals surface area contributed by atoms with E-state index in [1.807, 2.05) is 13.0 Å². The SMILES string of the molecule is COc1ccc(S(=O)(=O)Nc2ccc(C)cc2C)cc1F. The topological polar surface area (TPSA) is 55.4 Å². The minimum atomic E-state index is -3.84. The van der Waals surface area contributed by atoms with Gasteiger partial charge in [0.15, 0.2) is 11.6 Å². The van der Waals surface area contributed by atoms with Gasteiger partial charge in [-0.3, -0.25) is 4.72 Å². The molecule has 4 nitrogen and oxygen atoms in total. The highest BCUT2D eigenvalue weighted by Crippen LogP contribution is 2.24. The van der Waals surface area contributed by atoms with Crippen molar-refractivity contribution < 1.29 is 17.5 Å². The standard InChI is InChI=1S/C15H16FNO3S/c1-10-4-6-14(11(2)8-10)17-21(18,19)12-5-7-15(20-3)13(16)9-12/h4-9,17H,1-3H3. The molecule has 0 bridgehead atoms. The highest BCUT2D eigenvalue weighted by Gasteiger charge is 2.17. The average Bonchev–Trinajstić information content (AvgIpc) is 2.42. The van der Waals surface area contributed by atoms with Crippen molar-refractivity contribution in [3.8, 4) is 5.75 Å². The van der Waals surface area contributed by atoms with E-state index in [1.54, 1.807) is 19.1 Å². The van der Waals surface area contributed by atoms with E-state index in [9.17, 15) is 12.8 Å². The van der Waals surface area contributed by atoms with E-state index < -0.39 is 15.8 Å². The summed E-state index contributed by atoms with van der Waals surface area (Å²) in [5.74, 6) is -0.721. The Labute approximate surface area is 123 Å². The number of aryl methyl sites for hydroxylation is 2. The molecule has 2 aromatic rings. The van der Waals surface area contributed by atoms with E-state index in [-0.39, 0.29) is 10.6 Å². The molecule has 0 amide bonds. The Kier molecular flexibility index (Phi) is 4.18. The minimum Gasteiger partial charge on any atom is -0.494 e. The van der Waals surface area contributed by atoms with Gasteiger partial charge in [0.1, 0.15) is 0 Å². The molecule has 0 saturated carbocycles. The van der Waals surface area contributed by atoms with Crippen LogP contribution in [-0.2, 0) is 10.0 Å². The summed E-state index contributed by atoms with van der Waals surface area (Å²) in [5.41, 5.74) is 2.30. The Balaban J connectivity index is 2.36. The Hall–Kier alpha value is -2.08. The van der Waals surface area contributed by atoms with Gasteiger partial charge in [-0.25, -0.2) is 12.8 Å². The van der Waals surface area contributed by atoms with Crippen LogP contribution in [0.3, 0.4) is 0 Å². The van der Waals surface area contributed by atoms with Crippen molar-refractivity contribution in [3.05, 3.63) is 53.3 Å². The van der Waals surface area contributed by atoms with Crippen LogP contribution >= 0.6 is 0 Å². The molecule has 21 heavy (non-hydrogen) atoms. The Morgan fingerprint density at radius 2 is 1.81 bits per heavy atom. The van der Waals surface area contributed by atoms with Crippen LogP contribution in [0.5, 0.6) is 5.75 Å². The fourth-order valence-corrected chi connectivity index (χ4v) is 3.09. The number of sulfonamides is 1. The minimum absolute atomic E-state index is 0.000432. The van der Waals surface area contributed by atoms with E-state index >= 15 is 0 Å². The summed E-state index contributed by atoms with van der Waals surface area (Å²) < 4.78 is 45.4. The summed E-state index contributed by atoms with van der Waals surface area (Å²) in [6, 6.07) is 8.87. The zero-order chi connectivity index (χ0) is 15.6. The average molecular weight is 309 g/mol. The quantitative estimate of drug-likeness (QED) is 0.943. The maximum atomic E-state index is 13.6. The molecule has 112 valence electrons. The molecule has 0 atom stereocenters. The summed E-state index contributed by atoms with van der Waals surface area (Å²) >= 11 is 0. The van der Waals surface area contributed by atoms with Gasteiger partial charge in [-0.15, -0.1) is 0 Å². The van der Waals surface area contributed by atoms with Crippen molar-refractivity contribution in [1.82, 2.24) is 0 Å². The van der Waals surface area contributed by atoms with E-state index in [4.69, 9.17) is 4.74 Å². The van der Waals surface area contributed by atoms with Gasteiger partial charge in [-0.05, 0) is 43.7 Å². The summed E-state index contributed by atoms with van der Waals surface area (Å²) in [6.45, 7) is 3.73. The van der Waals surface area contributed by atoms with E-state index in [0.717, 1.165) is 17.2 Å². The van der Waals surface area contributed by atoms with Crippen molar-refractivity contribution >= 4 is 15.7 Å². The maximum absolute atomic E-state index is 13.6. The second kappa shape index (κ2) is 5.73. The largest absolute Gasteiger partial charge is 0.494 e. The molecule has 0 aromatic heterocycles. The molecule has 0 aliphatic carbocycles. The van der Waals surface area contributed by atoms with Gasteiger partial charge in [0, 0.05) is 0 Å². The first-order chi connectivity index (χ1) is 9.83. The van der Waals surface area contributed by atoms with Gasteiger partial charge in [0.05, 0.1) is 17.7 Å². The number of ether oxygens (including phenoxy) is 1. The first-order valence-corrected chi connectivity index (χ1v) is 7.75. The summed E-state index contributed by atoms with van der Waals surface area (Å²) in [5, 5.41) is 0. The predicted molar refractivity (Wildman–Crippen MR) is 79.7 cm³/mol. The van der Waals surface area contributed by atoms with Crippen LogP contribution in [0.4, 0.5) is 10.1 Å². The molecule has 0 fully saturated rings. The van der Waals surface area contributed by atoms with Gasteiger partial charge in [0.25, 0.3) is 10.0 Å². The molecule has 1 N–H and O–H groups in total. The molecule has 6 heteroatoms. The van der Waals surface area contributed by atoms with Crippen molar-refractivity contribution in [3.63, 3.8) is 0 Å². The lowest BCUT2D eigenvalue weighted by molar-refractivity contribution is 0.385. The molecule has 0 saturated heterocycles. The summed E-state index contributed by atoms with van der Waals surface area (Å²) in [6.07, 6.45) is 0. The number of benzene rings is 2. The maximum Gasteiger partial charge on any atom is 0.262 e. The fraction of sp³-hybridized carbons (Fsp3) is 0.200. The molecule has 0 unspecified atom stereocenters. The van der Waals surface area contributed by atoms with E-state index in [0.29, 0.717) is 5.69 Å². The second-order valence-corrected chi connectivity index (χ2v) is 6.40. The molecule has 0 heterocycles. The number of halogens is 1. The number of nitrogens with one attached hydrogen (secondary N) is 1. The van der Waals surface area contributed by atoms with Crippen molar-refractivity contribution in [2.45, 2.75) is 18.7 Å². The molecular weight excluding hydrogens is 293 g/mol. The van der Waals surface area contributed by atoms with Gasteiger partial charge in [-0.2, -0.15) is 0 Å². The van der Waals surface area contributed by atoms with Crippen LogP contribution < -0.4 is 9.46 Å². The van der Waals surface area contributed by atoms with Gasteiger partial charge >= 0.3 is 0 Å². The zero-order valence-electron chi connectivity index (χ0n) is 12.0. The summed E-state index contributed by atoms with van der Waals surface area (Å²) in [7, 11) is -2.52. The lowest BCUT2D eigenvalue weighted by atomic mass is 10.1. The Morgan fingerprint density at radius 3 is 2.38 bits per heavy atom. The Bertz CT molecular complexity index is 772. The predicted octanol–water partition coefficient (Wildman–Crippen LogP) is 3.25. The van der Waals surface area contributed by atoms with Crippen LogP contribution in [0.1, 0.15) is 11.1 Å². The number of hydrogen-bond donors (Lipinski definition) is 1. The molecular formula is C15H16FNO3S. The first-order valence-electron chi connectivity index (χ1n) is 6.27. The normalized spacial score (nSPS) is 11.2. The van der Waals surface area contributed by atoms with Crippen LogP contribution in [0.15, 0.2) is 41.3 Å². The number of anilines is 1. The number of methoxy groups -OCH3 is 1. The number of hydrogen-bond acceptors (Lipinski definition) is 3. The van der Waals surface area contributed by atoms with Crippen LogP contribution in [0.25, 0.3) is 0 Å². The zero-order valence-corrected chi connectivity index (χ0v) is 12.8. The van der Waals surface area contributed by atoms with E-state index in [1.165, 1.54) is 19.2 Å². The summed E-state index contributed by atoms with van der Waals surface area (Å²) in [4.78, 5) is -0.152. The third kappa shape index (κ3) is 3.33. The van der Waals surface area contributed by atoms with Gasteiger partial charge in [-0.1, -0.05) is 17.7 Å². The van der Waals surface area contributed by atoms with Gasteiger partial charge in [0.2, 0.25) is 0 Å². The van der Waals surface area contributed by atoms with Crippen LogP contribution in [0.2, 0.25) is 0 Å². The number of rotatable bonds is 4. The third-order valence-electron chi connectivity index (χ3n) is 3.06. The highest BCUT2D eigenvalue weighted by atomic mass is 32.2. The monoisotopic (exact) mass is 309 g/mol. The van der Waals surface area contributed by atoms with Crippen molar-refractivity contribution in [2.24, 2.45) is 0 Å². The molecule has 2 aromatic carbocycles.